The fraction of sp³-hybridized carbons (Fsp3) is 0.278. The van der Waals surface area contributed by atoms with Crippen molar-refractivity contribution in [3.8, 4) is 0 Å². The van der Waals surface area contributed by atoms with Crippen LogP contribution in [0.15, 0.2) is 54.6 Å². The predicted molar refractivity (Wildman–Crippen MR) is 85.6 cm³/mol. The summed E-state index contributed by atoms with van der Waals surface area (Å²) in [6, 6.07) is 16.3. The van der Waals surface area contributed by atoms with Gasteiger partial charge in [-0.1, -0.05) is 42.5 Å². The Labute approximate surface area is 130 Å². The molecule has 0 fully saturated rings. The van der Waals surface area contributed by atoms with Crippen molar-refractivity contribution >= 4 is 5.91 Å². The molecule has 0 spiro atoms. The lowest BCUT2D eigenvalue weighted by Crippen LogP contribution is -2.29. The maximum Gasteiger partial charge on any atom is 0.223 e. The van der Waals surface area contributed by atoms with Crippen molar-refractivity contribution < 1.29 is 9.18 Å². The average molecular weight is 300 g/mol. The van der Waals surface area contributed by atoms with Gasteiger partial charge in [-0.25, -0.2) is 4.39 Å². The van der Waals surface area contributed by atoms with Gasteiger partial charge in [0.1, 0.15) is 5.82 Å². The third-order valence-electron chi connectivity index (χ3n) is 3.45. The summed E-state index contributed by atoms with van der Waals surface area (Å²) >= 11 is 0. The van der Waals surface area contributed by atoms with E-state index in [4.69, 9.17) is 0 Å². The van der Waals surface area contributed by atoms with Crippen molar-refractivity contribution in [3.05, 3.63) is 71.5 Å². The van der Waals surface area contributed by atoms with Crippen LogP contribution in [-0.2, 0) is 17.9 Å². The zero-order valence-corrected chi connectivity index (χ0v) is 12.8. The SMILES string of the molecule is CN(Cc1ccccc1)C(=O)CCNCc1ccc(F)cc1. The van der Waals surface area contributed by atoms with Crippen LogP contribution in [0.2, 0.25) is 0 Å². The topological polar surface area (TPSA) is 32.3 Å². The van der Waals surface area contributed by atoms with Gasteiger partial charge in [0.25, 0.3) is 0 Å². The summed E-state index contributed by atoms with van der Waals surface area (Å²) < 4.78 is 12.8. The number of carbonyl (C=O) groups excluding carboxylic acids is 1. The highest BCUT2D eigenvalue weighted by atomic mass is 19.1. The van der Waals surface area contributed by atoms with Gasteiger partial charge in [-0.3, -0.25) is 4.79 Å². The van der Waals surface area contributed by atoms with Crippen LogP contribution in [-0.4, -0.2) is 24.4 Å². The van der Waals surface area contributed by atoms with Gasteiger partial charge in [-0.2, -0.15) is 0 Å². The molecule has 0 aromatic heterocycles. The van der Waals surface area contributed by atoms with Crippen molar-refractivity contribution in [3.63, 3.8) is 0 Å². The van der Waals surface area contributed by atoms with Crippen LogP contribution in [0, 0.1) is 5.82 Å². The van der Waals surface area contributed by atoms with Crippen LogP contribution in [0.5, 0.6) is 0 Å². The van der Waals surface area contributed by atoms with Gasteiger partial charge >= 0.3 is 0 Å². The molecule has 0 saturated carbocycles. The molecule has 0 radical (unpaired) electrons. The molecule has 2 rings (SSSR count). The monoisotopic (exact) mass is 300 g/mol. The summed E-state index contributed by atoms with van der Waals surface area (Å²) in [6.07, 6.45) is 0.449. The van der Waals surface area contributed by atoms with Crippen molar-refractivity contribution in [2.24, 2.45) is 0 Å². The molecule has 116 valence electrons. The average Bonchev–Trinajstić information content (AvgIpc) is 2.54. The number of benzene rings is 2. The Hall–Kier alpha value is -2.20. The molecule has 0 aliphatic carbocycles. The number of nitrogens with zero attached hydrogens (tertiary/aromatic N) is 1. The quantitative estimate of drug-likeness (QED) is 0.797. The lowest BCUT2D eigenvalue weighted by molar-refractivity contribution is -0.130. The van der Waals surface area contributed by atoms with Gasteiger partial charge in [0.05, 0.1) is 0 Å². The smallest absolute Gasteiger partial charge is 0.223 e. The zero-order valence-electron chi connectivity index (χ0n) is 12.8. The lowest BCUT2D eigenvalue weighted by Gasteiger charge is -2.17. The highest BCUT2D eigenvalue weighted by molar-refractivity contribution is 5.76. The third kappa shape index (κ3) is 5.30. The molecular weight excluding hydrogens is 279 g/mol. The van der Waals surface area contributed by atoms with E-state index < -0.39 is 0 Å². The van der Waals surface area contributed by atoms with Crippen LogP contribution < -0.4 is 5.32 Å². The number of amides is 1. The van der Waals surface area contributed by atoms with E-state index in [2.05, 4.69) is 5.32 Å². The minimum atomic E-state index is -0.235. The number of hydrogen-bond donors (Lipinski definition) is 1. The van der Waals surface area contributed by atoms with Crippen LogP contribution in [0.4, 0.5) is 4.39 Å². The number of rotatable bonds is 7. The second-order valence-corrected chi connectivity index (χ2v) is 5.29. The molecule has 3 nitrogen and oxygen atoms in total. The Bertz CT molecular complexity index is 584. The molecule has 0 heterocycles. The van der Waals surface area contributed by atoms with E-state index in [1.54, 1.807) is 17.0 Å². The summed E-state index contributed by atoms with van der Waals surface area (Å²) in [5.41, 5.74) is 2.13. The Morgan fingerprint density at radius 1 is 1.05 bits per heavy atom. The number of hydrogen-bond acceptors (Lipinski definition) is 2. The van der Waals surface area contributed by atoms with Crippen LogP contribution in [0.1, 0.15) is 17.5 Å². The Balaban J connectivity index is 1.67. The molecule has 1 amide bonds. The fourth-order valence-corrected chi connectivity index (χ4v) is 2.17. The second-order valence-electron chi connectivity index (χ2n) is 5.29. The predicted octanol–water partition coefficient (Wildman–Crippen LogP) is 2.96. The van der Waals surface area contributed by atoms with E-state index in [-0.39, 0.29) is 11.7 Å². The molecule has 0 atom stereocenters. The molecule has 2 aromatic rings. The van der Waals surface area contributed by atoms with Crippen molar-refractivity contribution in [1.29, 1.82) is 0 Å². The Morgan fingerprint density at radius 3 is 2.41 bits per heavy atom. The van der Waals surface area contributed by atoms with Crippen molar-refractivity contribution in [2.75, 3.05) is 13.6 Å². The first kappa shape index (κ1) is 16.2. The highest BCUT2D eigenvalue weighted by Gasteiger charge is 2.08. The molecule has 1 N–H and O–H groups in total. The second kappa shape index (κ2) is 8.29. The van der Waals surface area contributed by atoms with Crippen LogP contribution in [0.25, 0.3) is 0 Å². The van der Waals surface area contributed by atoms with Gasteiger partial charge < -0.3 is 10.2 Å². The van der Waals surface area contributed by atoms with Crippen LogP contribution in [0.3, 0.4) is 0 Å². The standard InChI is InChI=1S/C18H21FN2O/c1-21(14-16-5-3-2-4-6-16)18(22)11-12-20-13-15-7-9-17(19)10-8-15/h2-10,20H,11-14H2,1H3. The number of nitrogens with one attached hydrogen (secondary N) is 1. The summed E-state index contributed by atoms with van der Waals surface area (Å²) in [5.74, 6) is -0.128. The van der Waals surface area contributed by atoms with Gasteiger partial charge in [0.15, 0.2) is 0 Å². The van der Waals surface area contributed by atoms with Crippen molar-refractivity contribution in [2.45, 2.75) is 19.5 Å². The first-order valence-electron chi connectivity index (χ1n) is 7.38. The molecule has 22 heavy (non-hydrogen) atoms. The van der Waals surface area contributed by atoms with E-state index >= 15 is 0 Å². The zero-order chi connectivity index (χ0) is 15.8. The summed E-state index contributed by atoms with van der Waals surface area (Å²) in [4.78, 5) is 13.8. The van der Waals surface area contributed by atoms with E-state index in [0.717, 1.165) is 11.1 Å². The number of halogens is 1. The van der Waals surface area contributed by atoms with Gasteiger partial charge in [-0.05, 0) is 23.3 Å². The largest absolute Gasteiger partial charge is 0.341 e. The molecule has 0 aliphatic rings. The molecule has 2 aromatic carbocycles. The first-order chi connectivity index (χ1) is 10.6. The third-order valence-corrected chi connectivity index (χ3v) is 3.45. The lowest BCUT2D eigenvalue weighted by atomic mass is 10.2. The first-order valence-corrected chi connectivity index (χ1v) is 7.38. The summed E-state index contributed by atoms with van der Waals surface area (Å²) in [6.45, 7) is 1.86. The van der Waals surface area contributed by atoms with Crippen molar-refractivity contribution in [1.82, 2.24) is 10.2 Å². The van der Waals surface area contributed by atoms with E-state index in [9.17, 15) is 9.18 Å². The fourth-order valence-electron chi connectivity index (χ4n) is 2.17. The maximum atomic E-state index is 12.8. The molecular formula is C18H21FN2O. The maximum absolute atomic E-state index is 12.8. The molecule has 4 heteroatoms. The Kier molecular flexibility index (Phi) is 6.10. The normalized spacial score (nSPS) is 10.5. The molecule has 0 bridgehead atoms. The van der Waals surface area contributed by atoms with Crippen LogP contribution >= 0.6 is 0 Å². The van der Waals surface area contributed by atoms with E-state index in [1.165, 1.54) is 12.1 Å². The Morgan fingerprint density at radius 2 is 1.73 bits per heavy atom. The van der Waals surface area contributed by atoms with Gasteiger partial charge in [0, 0.05) is 33.1 Å². The molecule has 0 unspecified atom stereocenters. The molecule has 0 saturated heterocycles. The summed E-state index contributed by atoms with van der Waals surface area (Å²) in [7, 11) is 1.81. The minimum absolute atomic E-state index is 0.107. The molecule has 0 aliphatic heterocycles. The van der Waals surface area contributed by atoms with E-state index in [0.29, 0.717) is 26.1 Å². The van der Waals surface area contributed by atoms with Gasteiger partial charge in [-0.15, -0.1) is 0 Å². The summed E-state index contributed by atoms with van der Waals surface area (Å²) in [5, 5.41) is 3.20. The minimum Gasteiger partial charge on any atom is -0.341 e. The van der Waals surface area contributed by atoms with Gasteiger partial charge in [0.2, 0.25) is 5.91 Å². The highest BCUT2D eigenvalue weighted by Crippen LogP contribution is 2.04. The number of carbonyl (C=O) groups is 1. The van der Waals surface area contributed by atoms with E-state index in [1.807, 2.05) is 37.4 Å².